The number of rotatable bonds is 4. The summed E-state index contributed by atoms with van der Waals surface area (Å²) in [5.74, 6) is 1.76. The summed E-state index contributed by atoms with van der Waals surface area (Å²) in [6, 6.07) is 3.87. The van der Waals surface area contributed by atoms with Crippen LogP contribution in [0.15, 0.2) is 30.7 Å². The number of aromatic nitrogens is 8. The van der Waals surface area contributed by atoms with Gasteiger partial charge in [0.15, 0.2) is 5.65 Å². The van der Waals surface area contributed by atoms with Crippen LogP contribution >= 0.6 is 23.3 Å². The summed E-state index contributed by atoms with van der Waals surface area (Å²) in [7, 11) is 1.88. The van der Waals surface area contributed by atoms with Crippen LogP contribution in [-0.2, 0) is 12.5 Å². The van der Waals surface area contributed by atoms with Crippen molar-refractivity contribution in [1.29, 1.82) is 0 Å². The maximum atomic E-state index is 6.70. The van der Waals surface area contributed by atoms with Gasteiger partial charge in [-0.2, -0.15) is 18.9 Å². The number of fused-ring (bicyclic) bond motifs is 3. The molecule has 33 heavy (non-hydrogen) atoms. The van der Waals surface area contributed by atoms with Gasteiger partial charge in [-0.25, -0.2) is 9.97 Å². The lowest BCUT2D eigenvalue weighted by Gasteiger charge is -2.25. The summed E-state index contributed by atoms with van der Waals surface area (Å²) < 4.78 is 10.4. The SMILES string of the molecule is Cn1cc2c(Cl)c(-c3n[nH]c4nc(N5C[C@@H]6[C@H](C5)[C@]6(CN)c5cnsn5)cnc34)ccc2n1. The van der Waals surface area contributed by atoms with Crippen LogP contribution in [0.25, 0.3) is 33.3 Å². The van der Waals surface area contributed by atoms with Gasteiger partial charge in [0.1, 0.15) is 17.0 Å². The Morgan fingerprint density at radius 3 is 2.88 bits per heavy atom. The second kappa shape index (κ2) is 6.69. The van der Waals surface area contributed by atoms with Crippen LogP contribution in [0.4, 0.5) is 5.82 Å². The Hall–Kier alpha value is -3.15. The van der Waals surface area contributed by atoms with Gasteiger partial charge in [0.2, 0.25) is 0 Å². The van der Waals surface area contributed by atoms with E-state index in [1.54, 1.807) is 4.68 Å². The number of nitrogens with two attached hydrogens (primary N) is 1. The molecule has 2 fully saturated rings. The van der Waals surface area contributed by atoms with Crippen LogP contribution in [-0.4, -0.2) is 58.3 Å². The molecule has 4 aromatic heterocycles. The molecule has 12 heteroatoms. The quantitative estimate of drug-likeness (QED) is 0.403. The van der Waals surface area contributed by atoms with Gasteiger partial charge in [-0.15, -0.1) is 0 Å². The highest BCUT2D eigenvalue weighted by Gasteiger charge is 2.69. The molecule has 3 atom stereocenters. The molecule has 3 N–H and O–H groups in total. The number of anilines is 1. The smallest absolute Gasteiger partial charge is 0.177 e. The van der Waals surface area contributed by atoms with Crippen molar-refractivity contribution in [2.75, 3.05) is 24.5 Å². The minimum absolute atomic E-state index is 0.0378. The van der Waals surface area contributed by atoms with E-state index in [1.807, 2.05) is 37.8 Å². The highest BCUT2D eigenvalue weighted by atomic mass is 35.5. The van der Waals surface area contributed by atoms with Gasteiger partial charge in [-0.3, -0.25) is 9.78 Å². The Bertz CT molecular complexity index is 1510. The molecule has 10 nitrogen and oxygen atoms in total. The molecule has 0 amide bonds. The number of piperidine rings is 1. The van der Waals surface area contributed by atoms with E-state index in [1.165, 1.54) is 11.7 Å². The molecule has 1 aromatic carbocycles. The Morgan fingerprint density at radius 1 is 1.27 bits per heavy atom. The second-order valence-electron chi connectivity index (χ2n) is 8.82. The number of hydrogen-bond donors (Lipinski definition) is 2. The molecule has 5 heterocycles. The molecule has 0 radical (unpaired) electrons. The molecule has 1 saturated heterocycles. The molecule has 5 aromatic rings. The normalized spacial score (nSPS) is 24.2. The van der Waals surface area contributed by atoms with Crippen LogP contribution in [0, 0.1) is 11.8 Å². The van der Waals surface area contributed by atoms with Gasteiger partial charge in [0.05, 0.1) is 40.4 Å². The maximum absolute atomic E-state index is 6.70. The number of nitrogens with one attached hydrogen (secondary N) is 1. The molecule has 7 rings (SSSR count). The zero-order valence-corrected chi connectivity index (χ0v) is 19.2. The Kier molecular flexibility index (Phi) is 3.92. The van der Waals surface area contributed by atoms with Crippen LogP contribution in [0.1, 0.15) is 5.69 Å². The highest BCUT2D eigenvalue weighted by Crippen LogP contribution is 2.62. The Labute approximate surface area is 197 Å². The zero-order valence-electron chi connectivity index (χ0n) is 17.6. The van der Waals surface area contributed by atoms with Crippen molar-refractivity contribution in [3.8, 4) is 11.3 Å². The Balaban J connectivity index is 1.20. The lowest BCUT2D eigenvalue weighted by Crippen LogP contribution is -2.35. The largest absolute Gasteiger partial charge is 0.355 e. The van der Waals surface area contributed by atoms with Gasteiger partial charge in [-0.05, 0) is 24.0 Å². The van der Waals surface area contributed by atoms with E-state index >= 15 is 0 Å². The van der Waals surface area contributed by atoms with Gasteiger partial charge in [0.25, 0.3) is 0 Å². The molecule has 1 saturated carbocycles. The fraction of sp³-hybridized carbons (Fsp3) is 0.333. The number of nitrogens with zero attached hydrogens (tertiary/aromatic N) is 8. The first-order valence-electron chi connectivity index (χ1n) is 10.7. The monoisotopic (exact) mass is 478 g/mol. The Morgan fingerprint density at radius 2 is 2.12 bits per heavy atom. The summed E-state index contributed by atoms with van der Waals surface area (Å²) in [5, 5.41) is 13.4. The average molecular weight is 479 g/mol. The first kappa shape index (κ1) is 19.3. The molecule has 0 bridgehead atoms. The fourth-order valence-corrected chi connectivity index (χ4v) is 6.37. The average Bonchev–Trinajstić information content (AvgIpc) is 3.47. The number of H-pyrrole nitrogens is 1. The third kappa shape index (κ3) is 2.58. The van der Waals surface area contributed by atoms with E-state index in [4.69, 9.17) is 27.3 Å². The minimum Gasteiger partial charge on any atom is -0.355 e. The lowest BCUT2D eigenvalue weighted by molar-refractivity contribution is 0.542. The lowest BCUT2D eigenvalue weighted by atomic mass is 9.96. The molecular formula is C21H19ClN10S. The minimum atomic E-state index is -0.0378. The predicted octanol–water partition coefficient (Wildman–Crippen LogP) is 2.37. The maximum Gasteiger partial charge on any atom is 0.177 e. The van der Waals surface area contributed by atoms with Crippen LogP contribution < -0.4 is 10.6 Å². The molecular weight excluding hydrogens is 460 g/mol. The summed E-state index contributed by atoms with van der Waals surface area (Å²) in [4.78, 5) is 11.8. The molecule has 1 aliphatic heterocycles. The van der Waals surface area contributed by atoms with E-state index in [0.29, 0.717) is 40.3 Å². The summed E-state index contributed by atoms with van der Waals surface area (Å²) in [6.07, 6.45) is 5.59. The molecule has 0 unspecified atom stereocenters. The number of hydrogen-bond acceptors (Lipinski definition) is 9. The van der Waals surface area contributed by atoms with Crippen LogP contribution in [0.3, 0.4) is 0 Å². The summed E-state index contributed by atoms with van der Waals surface area (Å²) in [5.41, 5.74) is 10.8. The van der Waals surface area contributed by atoms with Gasteiger partial charge < -0.3 is 10.6 Å². The number of benzene rings is 1. The zero-order chi connectivity index (χ0) is 22.3. The number of aryl methyl sites for hydroxylation is 1. The number of aromatic amines is 1. The van der Waals surface area contributed by atoms with Crippen molar-refractivity contribution >= 4 is 51.2 Å². The molecule has 0 spiro atoms. The van der Waals surface area contributed by atoms with Gasteiger partial charge in [-0.1, -0.05) is 11.6 Å². The van der Waals surface area contributed by atoms with E-state index in [2.05, 4.69) is 28.9 Å². The van der Waals surface area contributed by atoms with Crippen LogP contribution in [0.2, 0.25) is 5.02 Å². The van der Waals surface area contributed by atoms with Crippen molar-refractivity contribution in [2.45, 2.75) is 5.41 Å². The van der Waals surface area contributed by atoms with Crippen molar-refractivity contribution in [3.63, 3.8) is 0 Å². The van der Waals surface area contributed by atoms with Crippen molar-refractivity contribution in [3.05, 3.63) is 41.4 Å². The van der Waals surface area contributed by atoms with Crippen molar-refractivity contribution in [2.24, 2.45) is 24.6 Å². The first-order chi connectivity index (χ1) is 16.1. The third-order valence-corrected chi connectivity index (χ3v) is 8.17. The third-order valence-electron chi connectivity index (χ3n) is 7.28. The molecule has 1 aliphatic carbocycles. The van der Waals surface area contributed by atoms with Gasteiger partial charge >= 0.3 is 0 Å². The molecule has 166 valence electrons. The van der Waals surface area contributed by atoms with E-state index in [9.17, 15) is 0 Å². The van der Waals surface area contributed by atoms with Crippen LogP contribution in [0.5, 0.6) is 0 Å². The topological polar surface area (TPSA) is 127 Å². The van der Waals surface area contributed by atoms with E-state index in [-0.39, 0.29) is 5.41 Å². The van der Waals surface area contributed by atoms with Crippen molar-refractivity contribution < 1.29 is 0 Å². The molecule has 2 aliphatic rings. The predicted molar refractivity (Wildman–Crippen MR) is 126 cm³/mol. The van der Waals surface area contributed by atoms with Gasteiger partial charge in [0, 0.05) is 49.2 Å². The highest BCUT2D eigenvalue weighted by molar-refractivity contribution is 6.99. The summed E-state index contributed by atoms with van der Waals surface area (Å²) >= 11 is 7.95. The summed E-state index contributed by atoms with van der Waals surface area (Å²) in [6.45, 7) is 2.35. The number of halogens is 1. The second-order valence-corrected chi connectivity index (χ2v) is 9.75. The fourth-order valence-electron chi connectivity index (χ4n) is 5.57. The standard InChI is InChI=1S/C21H19ClN10S/c1-31-6-11-14(29-31)3-2-10(17(11)22)18-19-20(28-27-18)26-16(5-24-19)32-7-12-13(8-32)21(12,9-23)15-4-25-33-30-15/h2-6,12-13H,7-9,23H2,1H3,(H,26,27,28)/t12-,13+,21-. The first-order valence-corrected chi connectivity index (χ1v) is 11.8. The van der Waals surface area contributed by atoms with E-state index in [0.717, 1.165) is 41.1 Å². The van der Waals surface area contributed by atoms with E-state index < -0.39 is 0 Å². The van der Waals surface area contributed by atoms with Crippen molar-refractivity contribution in [1.82, 2.24) is 38.7 Å².